The van der Waals surface area contributed by atoms with Crippen LogP contribution in [0.4, 0.5) is 23.2 Å². The highest BCUT2D eigenvalue weighted by Gasteiger charge is 2.31. The first-order valence-corrected chi connectivity index (χ1v) is 5.58. The Bertz CT molecular complexity index is 412. The highest BCUT2D eigenvalue weighted by atomic mass is 19.4. The molecule has 0 amide bonds. The van der Waals surface area contributed by atoms with Gasteiger partial charge in [-0.3, -0.25) is 0 Å². The molecule has 0 heterocycles. The van der Waals surface area contributed by atoms with Gasteiger partial charge in [-0.05, 0) is 38.0 Å². The molecule has 0 aromatic heterocycles. The molecular formula is C13H15F4N. The maximum atomic E-state index is 13.4. The van der Waals surface area contributed by atoms with Crippen LogP contribution >= 0.6 is 0 Å². The Morgan fingerprint density at radius 2 is 2.06 bits per heavy atom. The zero-order chi connectivity index (χ0) is 13.8. The number of alkyl halides is 3. The van der Waals surface area contributed by atoms with Crippen molar-refractivity contribution in [1.82, 2.24) is 0 Å². The topological polar surface area (TPSA) is 12.0 Å². The van der Waals surface area contributed by atoms with E-state index in [-0.39, 0.29) is 11.7 Å². The van der Waals surface area contributed by atoms with E-state index < -0.39 is 17.6 Å². The van der Waals surface area contributed by atoms with Gasteiger partial charge in [0.05, 0.1) is 11.3 Å². The van der Waals surface area contributed by atoms with Crippen LogP contribution in [-0.2, 0) is 6.18 Å². The minimum Gasteiger partial charge on any atom is -0.380 e. The molecule has 5 heteroatoms. The van der Waals surface area contributed by atoms with E-state index in [0.29, 0.717) is 6.42 Å². The Balaban J connectivity index is 2.84. The molecule has 1 aromatic carbocycles. The zero-order valence-electron chi connectivity index (χ0n) is 10.0. The second kappa shape index (κ2) is 5.89. The summed E-state index contributed by atoms with van der Waals surface area (Å²) in [5, 5.41) is 2.73. The lowest BCUT2D eigenvalue weighted by molar-refractivity contribution is -0.137. The third-order valence-electron chi connectivity index (χ3n) is 2.50. The maximum absolute atomic E-state index is 13.4. The van der Waals surface area contributed by atoms with Gasteiger partial charge in [0.15, 0.2) is 0 Å². The highest BCUT2D eigenvalue weighted by molar-refractivity contribution is 5.48. The van der Waals surface area contributed by atoms with Gasteiger partial charge in [0.25, 0.3) is 0 Å². The number of allylic oxidation sites excluding steroid dienone is 1. The van der Waals surface area contributed by atoms with Crippen LogP contribution in [0, 0.1) is 5.82 Å². The minimum atomic E-state index is -4.46. The zero-order valence-corrected chi connectivity index (χ0v) is 10.0. The fourth-order valence-electron chi connectivity index (χ4n) is 1.52. The fourth-order valence-corrected chi connectivity index (χ4v) is 1.52. The molecule has 0 saturated carbocycles. The molecular weight excluding hydrogens is 246 g/mol. The third-order valence-corrected chi connectivity index (χ3v) is 2.50. The molecule has 0 spiro atoms. The van der Waals surface area contributed by atoms with E-state index in [9.17, 15) is 17.6 Å². The van der Waals surface area contributed by atoms with Crippen LogP contribution in [0.5, 0.6) is 0 Å². The van der Waals surface area contributed by atoms with Crippen LogP contribution in [0.1, 0.15) is 25.3 Å². The van der Waals surface area contributed by atoms with Gasteiger partial charge in [-0.25, -0.2) is 4.39 Å². The van der Waals surface area contributed by atoms with Crippen molar-refractivity contribution in [1.29, 1.82) is 0 Å². The minimum absolute atomic E-state index is 0.124. The summed E-state index contributed by atoms with van der Waals surface area (Å²) in [5.74, 6) is -0.687. The van der Waals surface area contributed by atoms with Crippen LogP contribution < -0.4 is 5.32 Å². The number of hydrogen-bond donors (Lipinski definition) is 1. The molecule has 0 aliphatic carbocycles. The fraction of sp³-hybridized carbons (Fsp3) is 0.385. The van der Waals surface area contributed by atoms with Crippen molar-refractivity contribution >= 4 is 5.69 Å². The van der Waals surface area contributed by atoms with Crippen molar-refractivity contribution in [3.8, 4) is 0 Å². The summed E-state index contributed by atoms with van der Waals surface area (Å²) < 4.78 is 50.8. The van der Waals surface area contributed by atoms with Gasteiger partial charge in [-0.2, -0.15) is 13.2 Å². The van der Waals surface area contributed by atoms with Gasteiger partial charge in [-0.1, -0.05) is 6.08 Å². The lowest BCUT2D eigenvalue weighted by atomic mass is 10.1. The lowest BCUT2D eigenvalue weighted by Crippen LogP contribution is -2.16. The lowest BCUT2D eigenvalue weighted by Gasteiger charge is -2.16. The maximum Gasteiger partial charge on any atom is 0.416 e. The second-order valence-corrected chi connectivity index (χ2v) is 4.10. The summed E-state index contributed by atoms with van der Waals surface area (Å²) in [6, 6.07) is 2.22. The molecule has 1 nitrogen and oxygen atoms in total. The Kier molecular flexibility index (Phi) is 4.76. The van der Waals surface area contributed by atoms with Gasteiger partial charge in [0.1, 0.15) is 5.82 Å². The van der Waals surface area contributed by atoms with E-state index in [1.807, 2.05) is 0 Å². The SMILES string of the molecule is C=CCCC(C)Nc1cc(C(F)(F)F)ccc1F. The number of anilines is 1. The number of nitrogens with one attached hydrogen (secondary N) is 1. The van der Waals surface area contributed by atoms with Crippen molar-refractivity contribution in [3.05, 3.63) is 42.2 Å². The predicted octanol–water partition coefficient (Wildman–Crippen LogP) is 4.61. The molecule has 0 aliphatic rings. The Morgan fingerprint density at radius 1 is 1.39 bits per heavy atom. The smallest absolute Gasteiger partial charge is 0.380 e. The average molecular weight is 261 g/mol. The van der Waals surface area contributed by atoms with Gasteiger partial charge in [0.2, 0.25) is 0 Å². The van der Waals surface area contributed by atoms with Crippen molar-refractivity contribution in [2.24, 2.45) is 0 Å². The molecule has 1 rings (SSSR count). The average Bonchev–Trinajstić information content (AvgIpc) is 2.28. The second-order valence-electron chi connectivity index (χ2n) is 4.10. The molecule has 100 valence electrons. The van der Waals surface area contributed by atoms with Crippen LogP contribution in [0.2, 0.25) is 0 Å². The molecule has 0 saturated heterocycles. The van der Waals surface area contributed by atoms with E-state index in [4.69, 9.17) is 0 Å². The van der Waals surface area contributed by atoms with Crippen molar-refractivity contribution in [3.63, 3.8) is 0 Å². The van der Waals surface area contributed by atoms with Gasteiger partial charge in [-0.15, -0.1) is 6.58 Å². The van der Waals surface area contributed by atoms with Gasteiger partial charge < -0.3 is 5.32 Å². The number of halogens is 4. The van der Waals surface area contributed by atoms with E-state index in [0.717, 1.165) is 24.6 Å². The van der Waals surface area contributed by atoms with Crippen LogP contribution in [0.15, 0.2) is 30.9 Å². The molecule has 1 unspecified atom stereocenters. The Hall–Kier alpha value is -1.52. The Labute approximate surface area is 104 Å². The van der Waals surface area contributed by atoms with Crippen LogP contribution in [0.25, 0.3) is 0 Å². The normalized spacial score (nSPS) is 13.2. The summed E-state index contributed by atoms with van der Waals surface area (Å²) in [6.07, 6.45) is -1.36. The van der Waals surface area contributed by atoms with Crippen molar-refractivity contribution in [2.45, 2.75) is 32.0 Å². The quantitative estimate of drug-likeness (QED) is 0.602. The number of hydrogen-bond acceptors (Lipinski definition) is 1. The van der Waals surface area contributed by atoms with E-state index in [2.05, 4.69) is 11.9 Å². The first-order valence-electron chi connectivity index (χ1n) is 5.58. The summed E-state index contributed by atoms with van der Waals surface area (Å²) in [5.41, 5.74) is -0.983. The van der Waals surface area contributed by atoms with E-state index >= 15 is 0 Å². The van der Waals surface area contributed by atoms with Crippen LogP contribution in [0.3, 0.4) is 0 Å². The Morgan fingerprint density at radius 3 is 2.61 bits per heavy atom. The van der Waals surface area contributed by atoms with E-state index in [1.165, 1.54) is 0 Å². The predicted molar refractivity (Wildman–Crippen MR) is 63.9 cm³/mol. The first kappa shape index (κ1) is 14.5. The summed E-state index contributed by atoms with van der Waals surface area (Å²) in [7, 11) is 0. The van der Waals surface area contributed by atoms with Gasteiger partial charge >= 0.3 is 6.18 Å². The molecule has 0 bridgehead atoms. The molecule has 0 radical (unpaired) electrons. The number of benzene rings is 1. The van der Waals surface area contributed by atoms with E-state index in [1.54, 1.807) is 13.0 Å². The summed E-state index contributed by atoms with van der Waals surface area (Å²) >= 11 is 0. The summed E-state index contributed by atoms with van der Waals surface area (Å²) in [6.45, 7) is 5.33. The largest absolute Gasteiger partial charge is 0.416 e. The third kappa shape index (κ3) is 4.05. The number of rotatable bonds is 5. The molecule has 0 aliphatic heterocycles. The molecule has 0 fully saturated rings. The van der Waals surface area contributed by atoms with Crippen molar-refractivity contribution in [2.75, 3.05) is 5.32 Å². The summed E-state index contributed by atoms with van der Waals surface area (Å²) in [4.78, 5) is 0. The van der Waals surface area contributed by atoms with Crippen LogP contribution in [-0.4, -0.2) is 6.04 Å². The highest BCUT2D eigenvalue weighted by Crippen LogP contribution is 2.32. The molecule has 1 atom stereocenters. The van der Waals surface area contributed by atoms with Gasteiger partial charge in [0, 0.05) is 6.04 Å². The molecule has 1 N–H and O–H groups in total. The molecule has 18 heavy (non-hydrogen) atoms. The molecule has 1 aromatic rings. The van der Waals surface area contributed by atoms with Crippen molar-refractivity contribution < 1.29 is 17.6 Å². The monoisotopic (exact) mass is 261 g/mol. The standard InChI is InChI=1S/C13H15F4N/c1-3-4-5-9(2)18-12-8-10(13(15,16)17)6-7-11(12)14/h3,6-9,18H,1,4-5H2,2H3. The first-order chi connectivity index (χ1) is 8.34.